The summed E-state index contributed by atoms with van der Waals surface area (Å²) in [4.78, 5) is 0. The second kappa shape index (κ2) is 7.19. The van der Waals surface area contributed by atoms with Gasteiger partial charge in [-0.2, -0.15) is 0 Å². The molecule has 1 nitrogen and oxygen atoms in total. The molecule has 0 atom stereocenters. The third kappa shape index (κ3) is 2.68. The van der Waals surface area contributed by atoms with Gasteiger partial charge in [-0.1, -0.05) is 42.5 Å². The number of ether oxygens (including phenoxy) is 1. The van der Waals surface area contributed by atoms with Gasteiger partial charge in [0.1, 0.15) is 5.75 Å². The van der Waals surface area contributed by atoms with E-state index in [0.717, 1.165) is 21.9 Å². The minimum Gasteiger partial charge on any atom is -0.496 e. The lowest BCUT2D eigenvalue weighted by Gasteiger charge is -2.16. The number of hydrogen-bond acceptors (Lipinski definition) is 1. The van der Waals surface area contributed by atoms with Crippen LogP contribution in [0.2, 0.25) is 0 Å². The Kier molecular flexibility index (Phi) is 4.55. The van der Waals surface area contributed by atoms with E-state index in [1.54, 1.807) is 19.2 Å². The quantitative estimate of drug-likeness (QED) is 0.169. The first-order valence-electron chi connectivity index (χ1n) is 9.78. The predicted molar refractivity (Wildman–Crippen MR) is 110 cm³/mol. The second-order valence-electron chi connectivity index (χ2n) is 7.59. The highest BCUT2D eigenvalue weighted by atomic mass is 19.2. The molecule has 5 rings (SSSR count). The minimum atomic E-state index is -2.17. The maximum Gasteiger partial charge on any atom is 0.200 e. The number of benzene rings is 4. The molecule has 0 aliphatic heterocycles. The van der Waals surface area contributed by atoms with Crippen molar-refractivity contribution in [1.29, 1.82) is 0 Å². The Morgan fingerprint density at radius 2 is 1.16 bits per heavy atom. The smallest absolute Gasteiger partial charge is 0.200 e. The summed E-state index contributed by atoms with van der Waals surface area (Å²) < 4.78 is 76.0. The highest BCUT2D eigenvalue weighted by molar-refractivity contribution is 5.73. The molecule has 6 heteroatoms. The summed E-state index contributed by atoms with van der Waals surface area (Å²) >= 11 is 0. The molecule has 0 spiro atoms. The van der Waals surface area contributed by atoms with Crippen molar-refractivity contribution in [3.8, 4) is 28.0 Å². The van der Waals surface area contributed by atoms with Gasteiger partial charge in [0.25, 0.3) is 0 Å². The number of halogens is 5. The molecule has 0 bridgehead atoms. The fraction of sp³-hybridized carbons (Fsp3) is 0.0769. The van der Waals surface area contributed by atoms with Gasteiger partial charge in [-0.05, 0) is 62.2 Å². The monoisotopic (exact) mass is 438 g/mol. The number of fused-ring (bicyclic) bond motifs is 2. The Labute approximate surface area is 179 Å². The molecule has 0 amide bonds. The minimum absolute atomic E-state index is 0.0412. The number of rotatable bonds is 3. The van der Waals surface area contributed by atoms with E-state index in [4.69, 9.17) is 4.74 Å². The Morgan fingerprint density at radius 3 is 1.72 bits per heavy atom. The molecule has 0 fully saturated rings. The van der Waals surface area contributed by atoms with Crippen molar-refractivity contribution in [3.63, 3.8) is 0 Å². The summed E-state index contributed by atoms with van der Waals surface area (Å²) in [7, 11) is 1.57. The van der Waals surface area contributed by atoms with Gasteiger partial charge in [-0.3, -0.25) is 0 Å². The third-order valence-corrected chi connectivity index (χ3v) is 5.85. The van der Waals surface area contributed by atoms with E-state index in [0.29, 0.717) is 21.4 Å². The zero-order chi connectivity index (χ0) is 22.7. The molecule has 4 aromatic rings. The summed E-state index contributed by atoms with van der Waals surface area (Å²) in [6.45, 7) is 1.89. The average Bonchev–Trinajstić information content (AvgIpc) is 2.79. The molecule has 0 aromatic heterocycles. The van der Waals surface area contributed by atoms with E-state index < -0.39 is 34.6 Å². The standard InChI is InChI=1S/C26H15F5O/c1-12-11-13(9-10-18(12)32-2)14-5-3-6-15-16-7-4-8-17(20(16)19(14)15)21-22(27)24(29)26(31)25(30)23(21)28/h3-11H,1-2H3. The molecular formula is C26H15F5O. The maximum atomic E-state index is 14.6. The molecule has 1 aliphatic carbocycles. The summed E-state index contributed by atoms with van der Waals surface area (Å²) in [5.41, 5.74) is 1.57. The highest BCUT2D eigenvalue weighted by Crippen LogP contribution is 2.36. The zero-order valence-electron chi connectivity index (χ0n) is 17.0. The van der Waals surface area contributed by atoms with Gasteiger partial charge in [-0.25, -0.2) is 22.0 Å². The fourth-order valence-corrected chi connectivity index (χ4v) is 4.37. The largest absolute Gasteiger partial charge is 0.496 e. The number of aryl methyl sites for hydroxylation is 1. The molecular weight excluding hydrogens is 423 g/mol. The zero-order valence-corrected chi connectivity index (χ0v) is 17.0. The molecule has 0 saturated heterocycles. The first-order valence-corrected chi connectivity index (χ1v) is 9.78. The Hall–Kier alpha value is -3.67. The van der Waals surface area contributed by atoms with Crippen molar-refractivity contribution >= 4 is 0 Å². The van der Waals surface area contributed by atoms with E-state index in [9.17, 15) is 22.0 Å². The Bertz CT molecular complexity index is 1600. The summed E-state index contributed by atoms with van der Waals surface area (Å²) in [6, 6.07) is 15.9. The number of methoxy groups -OCH3 is 1. The van der Waals surface area contributed by atoms with Crippen LogP contribution in [0.1, 0.15) is 5.56 Å². The van der Waals surface area contributed by atoms with Gasteiger partial charge in [0, 0.05) is 0 Å². The van der Waals surface area contributed by atoms with Gasteiger partial charge in [0.2, 0.25) is 5.82 Å². The second-order valence-corrected chi connectivity index (χ2v) is 7.59. The van der Waals surface area contributed by atoms with Crippen LogP contribution in [0.3, 0.4) is 0 Å². The van der Waals surface area contributed by atoms with Crippen LogP contribution in [0.4, 0.5) is 22.0 Å². The molecule has 0 unspecified atom stereocenters. The lowest BCUT2D eigenvalue weighted by atomic mass is 9.88. The van der Waals surface area contributed by atoms with Crippen molar-refractivity contribution in [1.82, 2.24) is 0 Å². The van der Waals surface area contributed by atoms with Crippen molar-refractivity contribution in [2.45, 2.75) is 6.92 Å². The lowest BCUT2D eigenvalue weighted by Crippen LogP contribution is -2.06. The summed E-state index contributed by atoms with van der Waals surface area (Å²) in [5.74, 6) is -9.08. The van der Waals surface area contributed by atoms with Gasteiger partial charge in [0.05, 0.1) is 12.7 Å². The van der Waals surface area contributed by atoms with Gasteiger partial charge < -0.3 is 4.74 Å². The van der Waals surface area contributed by atoms with Crippen LogP contribution in [0.15, 0.2) is 54.6 Å². The van der Waals surface area contributed by atoms with Crippen LogP contribution < -0.4 is 4.74 Å². The van der Waals surface area contributed by atoms with Crippen LogP contribution in [0.5, 0.6) is 5.75 Å². The molecule has 0 N–H and O–H groups in total. The van der Waals surface area contributed by atoms with Crippen LogP contribution in [-0.4, -0.2) is 7.11 Å². The molecule has 4 aromatic carbocycles. The van der Waals surface area contributed by atoms with Crippen molar-refractivity contribution in [3.05, 3.63) is 110 Å². The van der Waals surface area contributed by atoms with E-state index in [2.05, 4.69) is 0 Å². The third-order valence-electron chi connectivity index (χ3n) is 5.85. The normalized spacial score (nSPS) is 11.6. The predicted octanol–water partition coefficient (Wildman–Crippen LogP) is 6.92. The lowest BCUT2D eigenvalue weighted by molar-refractivity contribution is 0.381. The Morgan fingerprint density at radius 1 is 0.625 bits per heavy atom. The summed E-state index contributed by atoms with van der Waals surface area (Å²) in [5, 5.41) is 2.69. The fourth-order valence-electron chi connectivity index (χ4n) is 4.37. The maximum absolute atomic E-state index is 14.6. The van der Waals surface area contributed by atoms with Crippen LogP contribution in [0, 0.1) is 56.9 Å². The van der Waals surface area contributed by atoms with E-state index in [1.165, 1.54) is 6.07 Å². The van der Waals surface area contributed by atoms with Crippen molar-refractivity contribution < 1.29 is 26.7 Å². The first-order chi connectivity index (χ1) is 15.3. The van der Waals surface area contributed by atoms with E-state index in [-0.39, 0.29) is 5.56 Å². The van der Waals surface area contributed by atoms with E-state index >= 15 is 0 Å². The SMILES string of the molecule is COc1ccc(-c2cccc3c2=c2c(-c4c(F)c(F)c(F)c(F)c4F)cccc2=3)cc1C. The topological polar surface area (TPSA) is 9.23 Å². The summed E-state index contributed by atoms with van der Waals surface area (Å²) in [6.07, 6.45) is 0. The first kappa shape index (κ1) is 20.2. The molecule has 160 valence electrons. The molecule has 1 aliphatic rings. The Balaban J connectivity index is 1.89. The van der Waals surface area contributed by atoms with Gasteiger partial charge in [0.15, 0.2) is 23.3 Å². The molecule has 0 saturated carbocycles. The average molecular weight is 438 g/mol. The number of hydrogen-bond donors (Lipinski definition) is 0. The van der Waals surface area contributed by atoms with Crippen LogP contribution >= 0.6 is 0 Å². The highest BCUT2D eigenvalue weighted by Gasteiger charge is 2.28. The van der Waals surface area contributed by atoms with Crippen LogP contribution in [-0.2, 0) is 0 Å². The molecule has 0 radical (unpaired) electrons. The van der Waals surface area contributed by atoms with Crippen molar-refractivity contribution in [2.24, 2.45) is 0 Å². The van der Waals surface area contributed by atoms with Crippen molar-refractivity contribution in [2.75, 3.05) is 7.11 Å². The van der Waals surface area contributed by atoms with E-state index in [1.807, 2.05) is 43.3 Å². The molecule has 0 heterocycles. The van der Waals surface area contributed by atoms with Gasteiger partial charge in [-0.15, -0.1) is 0 Å². The molecule has 32 heavy (non-hydrogen) atoms. The van der Waals surface area contributed by atoms with Gasteiger partial charge >= 0.3 is 0 Å². The van der Waals surface area contributed by atoms with Crippen LogP contribution in [0.25, 0.3) is 22.3 Å².